The van der Waals surface area contributed by atoms with Gasteiger partial charge in [-0.25, -0.2) is 9.97 Å². The van der Waals surface area contributed by atoms with Gasteiger partial charge < -0.3 is 10.2 Å². The van der Waals surface area contributed by atoms with E-state index < -0.39 is 0 Å². The molecule has 0 spiro atoms. The van der Waals surface area contributed by atoms with Crippen molar-refractivity contribution in [2.75, 3.05) is 23.3 Å². The van der Waals surface area contributed by atoms with Crippen LogP contribution < -0.4 is 10.2 Å². The van der Waals surface area contributed by atoms with Crippen molar-refractivity contribution in [3.63, 3.8) is 0 Å². The predicted octanol–water partition coefficient (Wildman–Crippen LogP) is 4.92. The van der Waals surface area contributed by atoms with E-state index in [1.54, 1.807) is 0 Å². The number of rotatable bonds is 5. The van der Waals surface area contributed by atoms with E-state index in [0.717, 1.165) is 47.7 Å². The molecule has 3 fully saturated rings. The zero-order valence-corrected chi connectivity index (χ0v) is 17.7. The third-order valence-corrected chi connectivity index (χ3v) is 7.59. The number of benzene rings is 1. The van der Waals surface area contributed by atoms with Gasteiger partial charge >= 0.3 is 0 Å². The number of aromatic nitrogens is 2. The minimum atomic E-state index is 0.565. The van der Waals surface area contributed by atoms with Crippen molar-refractivity contribution in [3.8, 4) is 0 Å². The summed E-state index contributed by atoms with van der Waals surface area (Å²) in [6.07, 6.45) is 13.0. The Morgan fingerprint density at radius 1 is 0.967 bits per heavy atom. The molecule has 3 heterocycles. The van der Waals surface area contributed by atoms with Crippen molar-refractivity contribution in [2.45, 2.75) is 63.8 Å². The molecule has 2 saturated carbocycles. The lowest BCUT2D eigenvalue weighted by atomic mass is 9.95. The van der Waals surface area contributed by atoms with Gasteiger partial charge in [-0.3, -0.25) is 4.99 Å². The Labute approximate surface area is 179 Å². The second-order valence-electron chi connectivity index (χ2n) is 9.62. The smallest absolute Gasteiger partial charge is 0.156 e. The van der Waals surface area contributed by atoms with Gasteiger partial charge in [0.1, 0.15) is 11.5 Å². The van der Waals surface area contributed by atoms with Crippen LogP contribution in [0.3, 0.4) is 0 Å². The van der Waals surface area contributed by atoms with Gasteiger partial charge in [0.15, 0.2) is 5.82 Å². The lowest BCUT2D eigenvalue weighted by Crippen LogP contribution is -2.29. The van der Waals surface area contributed by atoms with Crippen LogP contribution >= 0.6 is 0 Å². The SMILES string of the molecule is C1=Nc2c(nc(Cc3ccc(N4CCCCC4)cc3)nc2NC2CC3CCC2C3)C1. The van der Waals surface area contributed by atoms with Gasteiger partial charge in [-0.2, -0.15) is 0 Å². The number of hydrogen-bond donors (Lipinski definition) is 1. The first-order valence-corrected chi connectivity index (χ1v) is 11.8. The number of fused-ring (bicyclic) bond motifs is 3. The molecule has 3 unspecified atom stereocenters. The van der Waals surface area contributed by atoms with E-state index in [2.05, 4.69) is 39.5 Å². The van der Waals surface area contributed by atoms with Crippen LogP contribution in [0.5, 0.6) is 0 Å². The molecule has 5 heteroatoms. The van der Waals surface area contributed by atoms with Crippen molar-refractivity contribution >= 4 is 23.4 Å². The zero-order valence-electron chi connectivity index (χ0n) is 17.7. The van der Waals surface area contributed by atoms with Crippen molar-refractivity contribution < 1.29 is 0 Å². The van der Waals surface area contributed by atoms with Crippen LogP contribution in [0.4, 0.5) is 17.2 Å². The third-order valence-electron chi connectivity index (χ3n) is 7.59. The first-order valence-electron chi connectivity index (χ1n) is 11.8. The first-order chi connectivity index (χ1) is 14.8. The van der Waals surface area contributed by atoms with E-state index >= 15 is 0 Å². The van der Waals surface area contributed by atoms with Crippen LogP contribution in [-0.4, -0.2) is 35.3 Å². The lowest BCUT2D eigenvalue weighted by molar-refractivity contribution is 0.439. The fraction of sp³-hybridized carbons (Fsp3) is 0.560. The molecule has 30 heavy (non-hydrogen) atoms. The average Bonchev–Trinajstić information content (AvgIpc) is 3.52. The topological polar surface area (TPSA) is 53.4 Å². The van der Waals surface area contributed by atoms with Crippen molar-refractivity contribution in [1.29, 1.82) is 0 Å². The minimum Gasteiger partial charge on any atom is -0.372 e. The molecule has 6 rings (SSSR count). The van der Waals surface area contributed by atoms with Crippen LogP contribution in [0.25, 0.3) is 0 Å². The molecule has 0 radical (unpaired) electrons. The number of nitrogens with one attached hydrogen (secondary N) is 1. The Kier molecular flexibility index (Phi) is 4.70. The number of piperidine rings is 1. The summed E-state index contributed by atoms with van der Waals surface area (Å²) < 4.78 is 0. The molecule has 0 amide bonds. The molecule has 2 aromatic rings. The van der Waals surface area contributed by atoms with Gasteiger partial charge in [0.2, 0.25) is 0 Å². The summed E-state index contributed by atoms with van der Waals surface area (Å²) in [5.74, 6) is 3.61. The Morgan fingerprint density at radius 3 is 2.60 bits per heavy atom. The van der Waals surface area contributed by atoms with Gasteiger partial charge in [-0.05, 0) is 68.1 Å². The normalized spacial score (nSPS) is 26.9. The van der Waals surface area contributed by atoms with E-state index in [4.69, 9.17) is 9.97 Å². The van der Waals surface area contributed by atoms with Crippen molar-refractivity contribution in [1.82, 2.24) is 9.97 Å². The van der Waals surface area contributed by atoms with E-state index in [1.165, 1.54) is 69.3 Å². The standard InChI is InChI=1S/C25H31N5/c1-2-12-30(13-3-1)20-8-5-17(6-9-20)16-23-27-21-10-11-26-24(21)25(29-23)28-22-15-18-4-7-19(22)14-18/h5-6,8-9,11,18-19,22H,1-4,7,10,12-16H2,(H,27,28,29). The third kappa shape index (κ3) is 3.48. The summed E-state index contributed by atoms with van der Waals surface area (Å²) in [6, 6.07) is 9.60. The maximum Gasteiger partial charge on any atom is 0.156 e. The fourth-order valence-corrected chi connectivity index (χ4v) is 5.99. The number of aliphatic imine (C=N–C) groups is 1. The summed E-state index contributed by atoms with van der Waals surface area (Å²) in [5.41, 5.74) is 4.68. The van der Waals surface area contributed by atoms with Crippen LogP contribution in [0, 0.1) is 11.8 Å². The molecule has 2 aliphatic heterocycles. The Balaban J connectivity index is 1.20. The van der Waals surface area contributed by atoms with Crippen molar-refractivity contribution in [3.05, 3.63) is 41.3 Å². The Morgan fingerprint density at radius 2 is 1.83 bits per heavy atom. The number of anilines is 2. The van der Waals surface area contributed by atoms with Gasteiger partial charge in [0, 0.05) is 43.9 Å². The monoisotopic (exact) mass is 401 g/mol. The van der Waals surface area contributed by atoms with E-state index in [0.29, 0.717) is 6.04 Å². The summed E-state index contributed by atoms with van der Waals surface area (Å²) in [6.45, 7) is 2.37. The van der Waals surface area contributed by atoms with E-state index in [-0.39, 0.29) is 0 Å². The van der Waals surface area contributed by atoms with Crippen LogP contribution in [0.15, 0.2) is 29.3 Å². The minimum absolute atomic E-state index is 0.565. The molecular weight excluding hydrogens is 370 g/mol. The molecule has 2 bridgehead atoms. The first kappa shape index (κ1) is 18.3. The van der Waals surface area contributed by atoms with Crippen LogP contribution in [0.2, 0.25) is 0 Å². The highest BCUT2D eigenvalue weighted by atomic mass is 15.1. The average molecular weight is 402 g/mol. The summed E-state index contributed by atoms with van der Waals surface area (Å²) in [5, 5.41) is 3.78. The van der Waals surface area contributed by atoms with Gasteiger partial charge in [-0.15, -0.1) is 0 Å². The lowest BCUT2D eigenvalue weighted by Gasteiger charge is -2.28. The molecule has 1 aromatic carbocycles. The second kappa shape index (κ2) is 7.68. The predicted molar refractivity (Wildman–Crippen MR) is 122 cm³/mol. The van der Waals surface area contributed by atoms with E-state index in [9.17, 15) is 0 Å². The quantitative estimate of drug-likeness (QED) is 0.773. The number of hydrogen-bond acceptors (Lipinski definition) is 5. The molecule has 1 N–H and O–H groups in total. The van der Waals surface area contributed by atoms with E-state index in [1.807, 2.05) is 6.21 Å². The molecule has 1 saturated heterocycles. The number of nitrogens with zero attached hydrogens (tertiary/aromatic N) is 4. The second-order valence-corrected chi connectivity index (χ2v) is 9.62. The van der Waals surface area contributed by atoms with Gasteiger partial charge in [0.25, 0.3) is 0 Å². The summed E-state index contributed by atoms with van der Waals surface area (Å²) in [7, 11) is 0. The molecule has 3 atom stereocenters. The fourth-order valence-electron chi connectivity index (χ4n) is 5.99. The largest absolute Gasteiger partial charge is 0.372 e. The Hall–Kier alpha value is -2.43. The zero-order chi connectivity index (χ0) is 19.9. The molecular formula is C25H31N5. The Bertz CT molecular complexity index is 945. The van der Waals surface area contributed by atoms with Gasteiger partial charge in [0.05, 0.1) is 5.69 Å². The van der Waals surface area contributed by atoms with Crippen LogP contribution in [0.1, 0.15) is 62.0 Å². The molecule has 5 nitrogen and oxygen atoms in total. The maximum absolute atomic E-state index is 4.95. The molecule has 1 aromatic heterocycles. The highest BCUT2D eigenvalue weighted by molar-refractivity contribution is 5.80. The highest BCUT2D eigenvalue weighted by Crippen LogP contribution is 2.46. The molecule has 156 valence electrons. The maximum atomic E-state index is 4.95. The van der Waals surface area contributed by atoms with Gasteiger partial charge in [-0.1, -0.05) is 18.6 Å². The summed E-state index contributed by atoms with van der Waals surface area (Å²) in [4.78, 5) is 16.9. The molecule has 4 aliphatic rings. The highest BCUT2D eigenvalue weighted by Gasteiger charge is 2.40. The summed E-state index contributed by atoms with van der Waals surface area (Å²) >= 11 is 0. The van der Waals surface area contributed by atoms with Crippen LogP contribution in [-0.2, 0) is 12.8 Å². The van der Waals surface area contributed by atoms with Crippen molar-refractivity contribution in [2.24, 2.45) is 16.8 Å². The molecule has 2 aliphatic carbocycles.